The highest BCUT2D eigenvalue weighted by atomic mass is 32.2. The van der Waals surface area contributed by atoms with E-state index in [2.05, 4.69) is 0 Å². The third-order valence-electron chi connectivity index (χ3n) is 4.26. The Kier molecular flexibility index (Phi) is 5.33. The van der Waals surface area contributed by atoms with Gasteiger partial charge in [0.05, 0.1) is 0 Å². The second-order valence-corrected chi connectivity index (χ2v) is 6.74. The highest BCUT2D eigenvalue weighted by Gasteiger charge is 2.23. The van der Waals surface area contributed by atoms with Crippen molar-refractivity contribution < 1.29 is 14.6 Å². The zero-order valence-corrected chi connectivity index (χ0v) is 14.7. The number of carboxylic acid groups (broad SMARTS) is 1. The summed E-state index contributed by atoms with van der Waals surface area (Å²) in [6.07, 6.45) is 4.02. The van der Waals surface area contributed by atoms with Crippen LogP contribution in [0.4, 0.5) is 4.79 Å². The highest BCUT2D eigenvalue weighted by Crippen LogP contribution is 2.19. The quantitative estimate of drug-likeness (QED) is 0.849. The van der Waals surface area contributed by atoms with Crippen molar-refractivity contribution in [1.82, 2.24) is 9.47 Å². The molecule has 7 heteroatoms. The summed E-state index contributed by atoms with van der Waals surface area (Å²) in [4.78, 5) is 25.8. The van der Waals surface area contributed by atoms with E-state index >= 15 is 0 Å². The number of likely N-dealkylation sites (tertiary alicyclic amines) is 1. The van der Waals surface area contributed by atoms with E-state index in [1.165, 1.54) is 11.0 Å². The Morgan fingerprint density at radius 1 is 1.20 bits per heavy atom. The van der Waals surface area contributed by atoms with Gasteiger partial charge in [-0.1, -0.05) is 0 Å². The van der Waals surface area contributed by atoms with Crippen molar-refractivity contribution in [3.63, 3.8) is 0 Å². The van der Waals surface area contributed by atoms with Crippen LogP contribution in [0.1, 0.15) is 12.8 Å². The maximum absolute atomic E-state index is 12.4. The van der Waals surface area contributed by atoms with Gasteiger partial charge in [-0.25, -0.2) is 4.79 Å². The summed E-state index contributed by atoms with van der Waals surface area (Å²) in [5.74, 6) is 0.524. The van der Waals surface area contributed by atoms with Gasteiger partial charge in [0, 0.05) is 48.8 Å². The summed E-state index contributed by atoms with van der Waals surface area (Å²) in [6, 6.07) is 11.0. The first kappa shape index (κ1) is 17.4. The maximum Gasteiger partial charge on any atom is 0.407 e. The lowest BCUT2D eigenvalue weighted by Gasteiger charge is -2.30. The zero-order chi connectivity index (χ0) is 17.8. The smallest absolute Gasteiger partial charge is 0.407 e. The molecule has 2 heterocycles. The fourth-order valence-electron chi connectivity index (χ4n) is 2.85. The molecular formula is C18H20N2O4S. The molecule has 25 heavy (non-hydrogen) atoms. The second-order valence-electron chi connectivity index (χ2n) is 5.86. The third-order valence-corrected chi connectivity index (χ3v) is 5.00. The van der Waals surface area contributed by atoms with Gasteiger partial charge in [0.2, 0.25) is 0 Å². The number of nitrogens with zero attached hydrogens (tertiary/aromatic N) is 2. The van der Waals surface area contributed by atoms with Gasteiger partial charge < -0.3 is 14.7 Å². The van der Waals surface area contributed by atoms with Gasteiger partial charge in [0.25, 0.3) is 5.56 Å². The van der Waals surface area contributed by atoms with E-state index in [4.69, 9.17) is 9.84 Å². The van der Waals surface area contributed by atoms with E-state index in [0.717, 1.165) is 10.6 Å². The summed E-state index contributed by atoms with van der Waals surface area (Å²) in [5.41, 5.74) is 0.654. The number of ether oxygens (including phenoxy) is 1. The van der Waals surface area contributed by atoms with Crippen LogP contribution in [0.25, 0.3) is 5.69 Å². The molecule has 1 aliphatic rings. The van der Waals surface area contributed by atoms with E-state index in [0.29, 0.717) is 31.7 Å². The molecule has 2 aromatic rings. The topological polar surface area (TPSA) is 71.8 Å². The third kappa shape index (κ3) is 4.17. The van der Waals surface area contributed by atoms with Crippen LogP contribution in [0.5, 0.6) is 5.75 Å². The summed E-state index contributed by atoms with van der Waals surface area (Å²) >= 11 is 1.65. The predicted molar refractivity (Wildman–Crippen MR) is 97.1 cm³/mol. The molecule has 1 fully saturated rings. The number of hydrogen-bond donors (Lipinski definition) is 1. The Hall–Kier alpha value is -2.41. The number of benzene rings is 1. The first-order valence-corrected chi connectivity index (χ1v) is 9.31. The van der Waals surface area contributed by atoms with Gasteiger partial charge in [0.15, 0.2) is 0 Å². The molecule has 0 radical (unpaired) electrons. The van der Waals surface area contributed by atoms with E-state index in [1.807, 2.05) is 30.5 Å². The van der Waals surface area contributed by atoms with Gasteiger partial charge in [-0.15, -0.1) is 11.8 Å². The molecule has 1 aromatic heterocycles. The normalized spacial score (nSPS) is 15.2. The zero-order valence-electron chi connectivity index (χ0n) is 13.9. The van der Waals surface area contributed by atoms with E-state index < -0.39 is 6.09 Å². The van der Waals surface area contributed by atoms with Crippen LogP contribution in [-0.2, 0) is 0 Å². The fourth-order valence-corrected chi connectivity index (χ4v) is 3.26. The van der Waals surface area contributed by atoms with E-state index in [1.54, 1.807) is 28.6 Å². The Morgan fingerprint density at radius 3 is 2.44 bits per heavy atom. The van der Waals surface area contributed by atoms with Crippen LogP contribution in [0.3, 0.4) is 0 Å². The van der Waals surface area contributed by atoms with Gasteiger partial charge in [-0.3, -0.25) is 9.36 Å². The van der Waals surface area contributed by atoms with Crippen molar-refractivity contribution in [2.45, 2.75) is 23.8 Å². The van der Waals surface area contributed by atoms with Crippen LogP contribution in [0.15, 0.2) is 52.3 Å². The standard InChI is InChI=1S/C18H20N2O4S/c1-25-16-4-2-13(3-5-16)20-11-8-15(12-17(20)21)24-14-6-9-19(10-7-14)18(22)23/h2-5,8,11-12,14H,6-7,9-10H2,1H3,(H,22,23). The Labute approximate surface area is 150 Å². The molecule has 0 unspecified atom stereocenters. The van der Waals surface area contributed by atoms with Crippen molar-refractivity contribution in [3.8, 4) is 11.4 Å². The van der Waals surface area contributed by atoms with Gasteiger partial charge in [-0.2, -0.15) is 0 Å². The number of thioether (sulfide) groups is 1. The molecule has 1 saturated heterocycles. The van der Waals surface area contributed by atoms with Gasteiger partial charge in [-0.05, 0) is 36.6 Å². The lowest BCUT2D eigenvalue weighted by atomic mass is 10.1. The number of amides is 1. The molecule has 1 aromatic carbocycles. The largest absolute Gasteiger partial charge is 0.490 e. The molecule has 1 N–H and O–H groups in total. The Bertz CT molecular complexity index is 795. The molecule has 1 aliphatic heterocycles. The van der Waals surface area contributed by atoms with Crippen LogP contribution >= 0.6 is 11.8 Å². The number of carbonyl (C=O) groups is 1. The van der Waals surface area contributed by atoms with E-state index in [9.17, 15) is 9.59 Å². The molecule has 1 amide bonds. The summed E-state index contributed by atoms with van der Waals surface area (Å²) < 4.78 is 7.43. The average molecular weight is 360 g/mol. The molecular weight excluding hydrogens is 340 g/mol. The van der Waals surface area contributed by atoms with Crippen LogP contribution in [0, 0.1) is 0 Å². The number of pyridine rings is 1. The lowest BCUT2D eigenvalue weighted by Crippen LogP contribution is -2.41. The monoisotopic (exact) mass is 360 g/mol. The van der Waals surface area contributed by atoms with Gasteiger partial charge in [0.1, 0.15) is 11.9 Å². The van der Waals surface area contributed by atoms with Crippen molar-refractivity contribution >= 4 is 17.9 Å². The van der Waals surface area contributed by atoms with Crippen LogP contribution in [0.2, 0.25) is 0 Å². The molecule has 132 valence electrons. The van der Waals surface area contributed by atoms with Crippen molar-refractivity contribution in [2.75, 3.05) is 19.3 Å². The van der Waals surface area contributed by atoms with Crippen molar-refractivity contribution in [3.05, 3.63) is 52.9 Å². The lowest BCUT2D eigenvalue weighted by molar-refractivity contribution is 0.0893. The second kappa shape index (κ2) is 7.65. The molecule has 6 nitrogen and oxygen atoms in total. The number of rotatable bonds is 4. The minimum Gasteiger partial charge on any atom is -0.490 e. The van der Waals surface area contributed by atoms with Gasteiger partial charge >= 0.3 is 6.09 Å². The minimum atomic E-state index is -0.895. The van der Waals surface area contributed by atoms with E-state index in [-0.39, 0.29) is 11.7 Å². The SMILES string of the molecule is CSc1ccc(-n2ccc(OC3CCN(C(=O)O)CC3)cc2=O)cc1. The average Bonchev–Trinajstić information content (AvgIpc) is 2.62. The maximum atomic E-state index is 12.4. The van der Waals surface area contributed by atoms with Crippen molar-refractivity contribution in [2.24, 2.45) is 0 Å². The molecule has 0 spiro atoms. The molecule has 0 bridgehead atoms. The summed E-state index contributed by atoms with van der Waals surface area (Å²) in [6.45, 7) is 0.914. The minimum absolute atomic E-state index is 0.0632. The highest BCUT2D eigenvalue weighted by molar-refractivity contribution is 7.98. The predicted octanol–water partition coefficient (Wildman–Crippen LogP) is 3.08. The molecule has 3 rings (SSSR count). The first-order valence-electron chi connectivity index (χ1n) is 8.08. The number of hydrogen-bond acceptors (Lipinski definition) is 4. The molecule has 0 saturated carbocycles. The molecule has 0 atom stereocenters. The van der Waals surface area contributed by atoms with Crippen molar-refractivity contribution in [1.29, 1.82) is 0 Å². The Morgan fingerprint density at radius 2 is 1.88 bits per heavy atom. The summed E-state index contributed by atoms with van der Waals surface area (Å²) in [7, 11) is 0. The molecule has 0 aliphatic carbocycles. The Balaban J connectivity index is 1.68. The van der Waals surface area contributed by atoms with Crippen LogP contribution in [-0.4, -0.2) is 46.1 Å². The summed E-state index contributed by atoms with van der Waals surface area (Å²) in [5, 5.41) is 8.96. The van der Waals surface area contributed by atoms with Crippen LogP contribution < -0.4 is 10.3 Å². The first-order chi connectivity index (χ1) is 12.1. The fraction of sp³-hybridized carbons (Fsp3) is 0.333. The number of aromatic nitrogens is 1. The number of piperidine rings is 1.